The van der Waals surface area contributed by atoms with Crippen molar-refractivity contribution in [3.05, 3.63) is 29.6 Å². The van der Waals surface area contributed by atoms with Crippen molar-refractivity contribution < 1.29 is 5.11 Å². The standard InChI is InChI=1S/C14H22N2O/c1-12-3-6-15-13(9-12)10-14(11-17)4-7-16(2)8-5-14/h3,6,9,17H,4-5,7-8,10-11H2,1-2H3. The van der Waals surface area contributed by atoms with Crippen LogP contribution in [0.5, 0.6) is 0 Å². The molecule has 0 radical (unpaired) electrons. The van der Waals surface area contributed by atoms with Gasteiger partial charge in [-0.05, 0) is 64.0 Å². The maximum absolute atomic E-state index is 9.71. The summed E-state index contributed by atoms with van der Waals surface area (Å²) < 4.78 is 0. The Balaban J connectivity index is 2.09. The number of aromatic nitrogens is 1. The summed E-state index contributed by atoms with van der Waals surface area (Å²) in [5.74, 6) is 0. The van der Waals surface area contributed by atoms with Crippen molar-refractivity contribution in [1.29, 1.82) is 0 Å². The summed E-state index contributed by atoms with van der Waals surface area (Å²) in [4.78, 5) is 6.75. The molecule has 1 aromatic heterocycles. The van der Waals surface area contributed by atoms with E-state index in [4.69, 9.17) is 0 Å². The number of hydrogen-bond acceptors (Lipinski definition) is 3. The molecule has 3 heteroatoms. The van der Waals surface area contributed by atoms with E-state index in [0.717, 1.165) is 38.0 Å². The van der Waals surface area contributed by atoms with Gasteiger partial charge in [0, 0.05) is 23.9 Å². The van der Waals surface area contributed by atoms with E-state index >= 15 is 0 Å². The van der Waals surface area contributed by atoms with E-state index < -0.39 is 0 Å². The molecule has 0 aromatic carbocycles. The van der Waals surface area contributed by atoms with Gasteiger partial charge in [-0.2, -0.15) is 0 Å². The minimum Gasteiger partial charge on any atom is -0.396 e. The van der Waals surface area contributed by atoms with E-state index in [1.807, 2.05) is 12.3 Å². The van der Waals surface area contributed by atoms with Crippen LogP contribution in [0.25, 0.3) is 0 Å². The van der Waals surface area contributed by atoms with Crippen molar-refractivity contribution in [2.24, 2.45) is 5.41 Å². The third kappa shape index (κ3) is 3.05. The lowest BCUT2D eigenvalue weighted by molar-refractivity contribution is 0.0525. The lowest BCUT2D eigenvalue weighted by Gasteiger charge is -2.39. The smallest absolute Gasteiger partial charge is 0.0492 e. The number of aryl methyl sites for hydroxylation is 1. The normalized spacial score (nSPS) is 20.4. The van der Waals surface area contributed by atoms with Crippen LogP contribution in [-0.4, -0.2) is 41.7 Å². The van der Waals surface area contributed by atoms with Gasteiger partial charge < -0.3 is 10.0 Å². The molecule has 0 aliphatic carbocycles. The molecule has 1 aliphatic heterocycles. The molecule has 2 rings (SSSR count). The highest BCUT2D eigenvalue weighted by atomic mass is 16.3. The predicted molar refractivity (Wildman–Crippen MR) is 68.9 cm³/mol. The number of aliphatic hydroxyl groups is 1. The van der Waals surface area contributed by atoms with Crippen LogP contribution < -0.4 is 0 Å². The quantitative estimate of drug-likeness (QED) is 0.863. The summed E-state index contributed by atoms with van der Waals surface area (Å²) in [5.41, 5.74) is 2.41. The molecule has 94 valence electrons. The Morgan fingerprint density at radius 2 is 2.12 bits per heavy atom. The van der Waals surface area contributed by atoms with Gasteiger partial charge in [0.25, 0.3) is 0 Å². The van der Waals surface area contributed by atoms with Gasteiger partial charge in [-0.15, -0.1) is 0 Å². The highest BCUT2D eigenvalue weighted by Gasteiger charge is 2.33. The predicted octanol–water partition coefficient (Wildman–Crippen LogP) is 1.64. The minimum absolute atomic E-state index is 0.0489. The lowest BCUT2D eigenvalue weighted by atomic mass is 9.75. The van der Waals surface area contributed by atoms with Gasteiger partial charge in [-0.25, -0.2) is 0 Å². The molecule has 1 saturated heterocycles. The number of likely N-dealkylation sites (tertiary alicyclic amines) is 1. The fourth-order valence-electron chi connectivity index (χ4n) is 2.56. The minimum atomic E-state index is 0.0489. The highest BCUT2D eigenvalue weighted by Crippen LogP contribution is 2.33. The summed E-state index contributed by atoms with van der Waals surface area (Å²) in [5, 5.41) is 9.71. The van der Waals surface area contributed by atoms with E-state index in [1.165, 1.54) is 5.56 Å². The SMILES string of the molecule is Cc1ccnc(CC2(CO)CCN(C)CC2)c1. The molecule has 3 nitrogen and oxygen atoms in total. The van der Waals surface area contributed by atoms with E-state index in [0.29, 0.717) is 0 Å². The molecular weight excluding hydrogens is 212 g/mol. The average molecular weight is 234 g/mol. The number of rotatable bonds is 3. The maximum atomic E-state index is 9.71. The Morgan fingerprint density at radius 1 is 1.41 bits per heavy atom. The molecule has 1 aliphatic rings. The van der Waals surface area contributed by atoms with Crippen molar-refractivity contribution in [2.75, 3.05) is 26.7 Å². The first-order valence-corrected chi connectivity index (χ1v) is 6.34. The zero-order valence-electron chi connectivity index (χ0n) is 10.8. The van der Waals surface area contributed by atoms with Crippen LogP contribution >= 0.6 is 0 Å². The van der Waals surface area contributed by atoms with E-state index in [1.54, 1.807) is 0 Å². The van der Waals surface area contributed by atoms with Crippen molar-refractivity contribution >= 4 is 0 Å². The van der Waals surface area contributed by atoms with Crippen LogP contribution in [0.1, 0.15) is 24.1 Å². The van der Waals surface area contributed by atoms with Gasteiger partial charge >= 0.3 is 0 Å². The van der Waals surface area contributed by atoms with Crippen molar-refractivity contribution in [1.82, 2.24) is 9.88 Å². The fourth-order valence-corrected chi connectivity index (χ4v) is 2.56. The number of piperidine rings is 1. The molecule has 17 heavy (non-hydrogen) atoms. The summed E-state index contributed by atoms with van der Waals surface area (Å²) in [6.07, 6.45) is 4.90. The maximum Gasteiger partial charge on any atom is 0.0492 e. The van der Waals surface area contributed by atoms with Gasteiger partial charge in [0.15, 0.2) is 0 Å². The Morgan fingerprint density at radius 3 is 2.71 bits per heavy atom. The first-order valence-electron chi connectivity index (χ1n) is 6.34. The monoisotopic (exact) mass is 234 g/mol. The molecular formula is C14H22N2O. The molecule has 1 N–H and O–H groups in total. The summed E-state index contributed by atoms with van der Waals surface area (Å²) in [6, 6.07) is 4.15. The van der Waals surface area contributed by atoms with E-state index in [2.05, 4.69) is 29.9 Å². The van der Waals surface area contributed by atoms with Crippen LogP contribution in [0, 0.1) is 12.3 Å². The van der Waals surface area contributed by atoms with E-state index in [-0.39, 0.29) is 12.0 Å². The van der Waals surface area contributed by atoms with Crippen LogP contribution in [0.3, 0.4) is 0 Å². The van der Waals surface area contributed by atoms with Crippen molar-refractivity contribution in [3.63, 3.8) is 0 Å². The van der Waals surface area contributed by atoms with Gasteiger partial charge in [-0.1, -0.05) is 0 Å². The summed E-state index contributed by atoms with van der Waals surface area (Å²) >= 11 is 0. The van der Waals surface area contributed by atoms with Crippen LogP contribution in [0.15, 0.2) is 18.3 Å². The highest BCUT2D eigenvalue weighted by molar-refractivity contribution is 5.16. The molecule has 0 bridgehead atoms. The third-order valence-electron chi connectivity index (χ3n) is 3.91. The number of hydrogen-bond donors (Lipinski definition) is 1. The Labute approximate surface area is 103 Å². The number of nitrogens with zero attached hydrogens (tertiary/aromatic N) is 2. The van der Waals surface area contributed by atoms with Gasteiger partial charge in [-0.3, -0.25) is 4.98 Å². The Kier molecular flexibility index (Phi) is 3.79. The van der Waals surface area contributed by atoms with Crippen molar-refractivity contribution in [3.8, 4) is 0 Å². The second-order valence-corrected chi connectivity index (χ2v) is 5.46. The molecule has 1 fully saturated rings. The molecule has 1 aromatic rings. The summed E-state index contributed by atoms with van der Waals surface area (Å²) in [6.45, 7) is 4.51. The average Bonchev–Trinajstić information content (AvgIpc) is 2.33. The fraction of sp³-hybridized carbons (Fsp3) is 0.643. The first kappa shape index (κ1) is 12.5. The molecule has 0 saturated carbocycles. The Bertz CT molecular complexity index is 370. The second-order valence-electron chi connectivity index (χ2n) is 5.46. The van der Waals surface area contributed by atoms with Crippen molar-refractivity contribution in [2.45, 2.75) is 26.2 Å². The first-order chi connectivity index (χ1) is 8.13. The van der Waals surface area contributed by atoms with Gasteiger partial charge in [0.1, 0.15) is 0 Å². The topological polar surface area (TPSA) is 36.4 Å². The van der Waals surface area contributed by atoms with Gasteiger partial charge in [0.2, 0.25) is 0 Å². The van der Waals surface area contributed by atoms with Gasteiger partial charge in [0.05, 0.1) is 0 Å². The zero-order valence-corrected chi connectivity index (χ0v) is 10.8. The molecule has 0 unspecified atom stereocenters. The number of aliphatic hydroxyl groups excluding tert-OH is 1. The van der Waals surface area contributed by atoms with Crippen LogP contribution in [0.4, 0.5) is 0 Å². The summed E-state index contributed by atoms with van der Waals surface area (Å²) in [7, 11) is 2.15. The second kappa shape index (κ2) is 5.15. The largest absolute Gasteiger partial charge is 0.396 e. The van der Waals surface area contributed by atoms with Crippen LogP contribution in [0.2, 0.25) is 0 Å². The Hall–Kier alpha value is -0.930. The lowest BCUT2D eigenvalue weighted by Crippen LogP contribution is -2.41. The molecule has 0 atom stereocenters. The molecule has 0 spiro atoms. The molecule has 0 amide bonds. The third-order valence-corrected chi connectivity index (χ3v) is 3.91. The molecule has 2 heterocycles. The van der Waals surface area contributed by atoms with Crippen LogP contribution in [-0.2, 0) is 6.42 Å². The zero-order chi connectivity index (χ0) is 12.3. The number of pyridine rings is 1. The van der Waals surface area contributed by atoms with E-state index in [9.17, 15) is 5.11 Å².